The molecule has 4 heteroatoms. The van der Waals surface area contributed by atoms with Crippen molar-refractivity contribution in [1.82, 2.24) is 10.3 Å². The molecule has 0 bridgehead atoms. The second kappa shape index (κ2) is 4.63. The average molecular weight is 238 g/mol. The smallest absolute Gasteiger partial charge is 0.128 e. The zero-order chi connectivity index (χ0) is 12.4. The third-order valence-corrected chi connectivity index (χ3v) is 3.25. The van der Waals surface area contributed by atoms with Gasteiger partial charge in [0.1, 0.15) is 5.82 Å². The van der Waals surface area contributed by atoms with E-state index >= 15 is 0 Å². The van der Waals surface area contributed by atoms with Crippen molar-refractivity contribution < 1.29 is 0 Å². The molecule has 1 aliphatic rings. The highest BCUT2D eigenvalue weighted by Gasteiger charge is 2.15. The first-order valence-corrected chi connectivity index (χ1v) is 6.14. The van der Waals surface area contributed by atoms with Crippen LogP contribution in [0.2, 0.25) is 0 Å². The minimum absolute atomic E-state index is 0.408. The van der Waals surface area contributed by atoms with Crippen LogP contribution in [0.5, 0.6) is 0 Å². The maximum absolute atomic E-state index is 9.20. The first kappa shape index (κ1) is 11.0. The SMILES string of the molecule is N#Cc1cc(NC2CCNC2)nc2ccccc12. The van der Waals surface area contributed by atoms with Crippen LogP contribution in [0.25, 0.3) is 10.9 Å². The van der Waals surface area contributed by atoms with Gasteiger partial charge in [0.2, 0.25) is 0 Å². The Balaban J connectivity index is 2.00. The van der Waals surface area contributed by atoms with Crippen molar-refractivity contribution >= 4 is 16.7 Å². The largest absolute Gasteiger partial charge is 0.366 e. The first-order chi connectivity index (χ1) is 8.86. The molecule has 1 aromatic carbocycles. The fourth-order valence-electron chi connectivity index (χ4n) is 2.33. The molecule has 0 spiro atoms. The van der Waals surface area contributed by atoms with Gasteiger partial charge in [-0.2, -0.15) is 5.26 Å². The van der Waals surface area contributed by atoms with Crippen molar-refractivity contribution in [2.45, 2.75) is 12.5 Å². The van der Waals surface area contributed by atoms with Gasteiger partial charge in [0, 0.05) is 18.0 Å². The molecule has 1 saturated heterocycles. The first-order valence-electron chi connectivity index (χ1n) is 6.14. The maximum atomic E-state index is 9.20. The Morgan fingerprint density at radius 2 is 2.28 bits per heavy atom. The number of nitrogens with zero attached hydrogens (tertiary/aromatic N) is 2. The summed E-state index contributed by atoms with van der Waals surface area (Å²) in [5.74, 6) is 0.791. The van der Waals surface area contributed by atoms with Crippen LogP contribution in [0.1, 0.15) is 12.0 Å². The number of para-hydroxylation sites is 1. The number of nitriles is 1. The van der Waals surface area contributed by atoms with Crippen molar-refractivity contribution in [1.29, 1.82) is 5.26 Å². The Labute approximate surface area is 106 Å². The summed E-state index contributed by atoms with van der Waals surface area (Å²) in [7, 11) is 0. The molecule has 2 N–H and O–H groups in total. The molecular weight excluding hydrogens is 224 g/mol. The summed E-state index contributed by atoms with van der Waals surface area (Å²) >= 11 is 0. The third kappa shape index (κ3) is 2.01. The van der Waals surface area contributed by atoms with Crippen LogP contribution in [0, 0.1) is 11.3 Å². The Bertz CT molecular complexity index is 609. The number of hydrogen-bond donors (Lipinski definition) is 2. The predicted octanol–water partition coefficient (Wildman–Crippen LogP) is 1.88. The van der Waals surface area contributed by atoms with Gasteiger partial charge >= 0.3 is 0 Å². The van der Waals surface area contributed by atoms with E-state index in [1.165, 1.54) is 0 Å². The lowest BCUT2D eigenvalue weighted by atomic mass is 10.1. The van der Waals surface area contributed by atoms with E-state index in [4.69, 9.17) is 0 Å². The molecule has 0 amide bonds. The topological polar surface area (TPSA) is 60.7 Å². The van der Waals surface area contributed by atoms with Crippen molar-refractivity contribution in [3.8, 4) is 6.07 Å². The number of hydrogen-bond acceptors (Lipinski definition) is 4. The van der Waals surface area contributed by atoms with E-state index in [9.17, 15) is 5.26 Å². The normalized spacial score (nSPS) is 18.7. The van der Waals surface area contributed by atoms with Crippen LogP contribution in [0.15, 0.2) is 30.3 Å². The summed E-state index contributed by atoms with van der Waals surface area (Å²) in [6.45, 7) is 1.99. The predicted molar refractivity (Wildman–Crippen MR) is 71.4 cm³/mol. The van der Waals surface area contributed by atoms with Crippen LogP contribution in [0.4, 0.5) is 5.82 Å². The second-order valence-corrected chi connectivity index (χ2v) is 4.52. The van der Waals surface area contributed by atoms with E-state index in [-0.39, 0.29) is 0 Å². The van der Waals surface area contributed by atoms with Crippen LogP contribution in [-0.2, 0) is 0 Å². The van der Waals surface area contributed by atoms with Gasteiger partial charge in [-0.25, -0.2) is 4.98 Å². The second-order valence-electron chi connectivity index (χ2n) is 4.52. The van der Waals surface area contributed by atoms with Gasteiger partial charge in [0.25, 0.3) is 0 Å². The van der Waals surface area contributed by atoms with Crippen molar-refractivity contribution in [3.63, 3.8) is 0 Å². The molecule has 0 radical (unpaired) electrons. The van der Waals surface area contributed by atoms with Crippen LogP contribution in [-0.4, -0.2) is 24.1 Å². The highest BCUT2D eigenvalue weighted by Crippen LogP contribution is 2.20. The summed E-state index contributed by atoms with van der Waals surface area (Å²) in [6.07, 6.45) is 1.09. The lowest BCUT2D eigenvalue weighted by molar-refractivity contribution is 0.789. The van der Waals surface area contributed by atoms with E-state index < -0.39 is 0 Å². The standard InChI is InChI=1S/C14H14N4/c15-8-10-7-14(17-11-5-6-16-9-11)18-13-4-2-1-3-12(10)13/h1-4,7,11,16H,5-6,9H2,(H,17,18). The Kier molecular flexibility index (Phi) is 2.83. The quantitative estimate of drug-likeness (QED) is 0.838. The number of pyridine rings is 1. The minimum atomic E-state index is 0.408. The van der Waals surface area contributed by atoms with Gasteiger partial charge in [-0.3, -0.25) is 0 Å². The Hall–Kier alpha value is -2.12. The molecule has 4 nitrogen and oxygen atoms in total. The zero-order valence-electron chi connectivity index (χ0n) is 9.98. The molecule has 1 atom stereocenters. The summed E-state index contributed by atoms with van der Waals surface area (Å²) < 4.78 is 0. The fraction of sp³-hybridized carbons (Fsp3) is 0.286. The number of benzene rings is 1. The highest BCUT2D eigenvalue weighted by atomic mass is 15.1. The van der Waals surface area contributed by atoms with Crippen LogP contribution in [0.3, 0.4) is 0 Å². The molecule has 2 heterocycles. The highest BCUT2D eigenvalue weighted by molar-refractivity contribution is 5.86. The summed E-state index contributed by atoms with van der Waals surface area (Å²) in [5, 5.41) is 16.8. The summed E-state index contributed by atoms with van der Waals surface area (Å²) in [5.41, 5.74) is 1.54. The number of aromatic nitrogens is 1. The van der Waals surface area contributed by atoms with E-state index in [1.54, 1.807) is 0 Å². The molecule has 90 valence electrons. The van der Waals surface area contributed by atoms with Crippen LogP contribution < -0.4 is 10.6 Å². The van der Waals surface area contributed by atoms with E-state index in [1.807, 2.05) is 30.3 Å². The van der Waals surface area contributed by atoms with Gasteiger partial charge in [0.05, 0.1) is 17.1 Å². The fourth-order valence-corrected chi connectivity index (χ4v) is 2.33. The molecule has 1 aromatic heterocycles. The van der Waals surface area contributed by atoms with Gasteiger partial charge in [0.15, 0.2) is 0 Å². The molecule has 0 aliphatic carbocycles. The number of rotatable bonds is 2. The van der Waals surface area contributed by atoms with E-state index in [0.717, 1.165) is 36.2 Å². The number of anilines is 1. The molecule has 1 unspecified atom stereocenters. The van der Waals surface area contributed by atoms with E-state index in [2.05, 4.69) is 21.7 Å². The molecule has 0 saturated carbocycles. The van der Waals surface area contributed by atoms with E-state index in [0.29, 0.717) is 11.6 Å². The van der Waals surface area contributed by atoms with Crippen molar-refractivity contribution in [3.05, 3.63) is 35.9 Å². The summed E-state index contributed by atoms with van der Waals surface area (Å²) in [4.78, 5) is 4.56. The lowest BCUT2D eigenvalue weighted by Crippen LogP contribution is -2.22. The van der Waals surface area contributed by atoms with Crippen LogP contribution >= 0.6 is 0 Å². The van der Waals surface area contributed by atoms with Crippen molar-refractivity contribution in [2.75, 3.05) is 18.4 Å². The number of fused-ring (bicyclic) bond motifs is 1. The molecular formula is C14H14N4. The molecule has 2 aromatic rings. The third-order valence-electron chi connectivity index (χ3n) is 3.25. The van der Waals surface area contributed by atoms with Gasteiger partial charge in [-0.1, -0.05) is 18.2 Å². The maximum Gasteiger partial charge on any atom is 0.128 e. The monoisotopic (exact) mass is 238 g/mol. The Morgan fingerprint density at radius 1 is 1.39 bits per heavy atom. The number of nitrogens with one attached hydrogen (secondary N) is 2. The lowest BCUT2D eigenvalue weighted by Gasteiger charge is -2.13. The molecule has 1 fully saturated rings. The zero-order valence-corrected chi connectivity index (χ0v) is 9.98. The molecule has 1 aliphatic heterocycles. The van der Waals surface area contributed by atoms with Gasteiger partial charge < -0.3 is 10.6 Å². The summed E-state index contributed by atoms with van der Waals surface area (Å²) in [6, 6.07) is 12.2. The molecule has 18 heavy (non-hydrogen) atoms. The van der Waals surface area contributed by atoms with Gasteiger partial charge in [-0.05, 0) is 25.1 Å². The average Bonchev–Trinajstić information content (AvgIpc) is 2.90. The minimum Gasteiger partial charge on any atom is -0.366 e. The molecule has 3 rings (SSSR count). The Morgan fingerprint density at radius 3 is 3.06 bits per heavy atom. The van der Waals surface area contributed by atoms with Gasteiger partial charge in [-0.15, -0.1) is 0 Å². The van der Waals surface area contributed by atoms with Crippen molar-refractivity contribution in [2.24, 2.45) is 0 Å².